The fourth-order valence-corrected chi connectivity index (χ4v) is 10.8. The molecule has 0 aliphatic rings. The first-order chi connectivity index (χ1) is 40.5. The fourth-order valence-electron chi connectivity index (χ4n) is 10.4. The van der Waals surface area contributed by atoms with E-state index in [1.54, 1.807) is 39.8 Å². The van der Waals surface area contributed by atoms with E-state index >= 15 is 0 Å². The van der Waals surface area contributed by atoms with Crippen molar-refractivity contribution in [2.45, 2.75) is 229 Å². The van der Waals surface area contributed by atoms with E-state index in [4.69, 9.17) is 0 Å². The second-order valence-corrected chi connectivity index (χ2v) is 26.7. The van der Waals surface area contributed by atoms with E-state index in [1.165, 1.54) is 82.7 Å². The highest BCUT2D eigenvalue weighted by Gasteiger charge is 2.44. The smallest absolute Gasteiger partial charge is 0.329 e. The summed E-state index contributed by atoms with van der Waals surface area (Å²) in [7, 11) is 10.5. The van der Waals surface area contributed by atoms with Gasteiger partial charge in [0.05, 0.1) is 18.8 Å². The number of aliphatic hydroxyl groups excluding tert-OH is 2. The lowest BCUT2D eigenvalue weighted by Gasteiger charge is -2.39. The minimum atomic E-state index is -1.63. The molecule has 506 valence electrons. The summed E-state index contributed by atoms with van der Waals surface area (Å²) in [6, 6.07) is -12.1. The minimum Gasteiger partial charge on any atom is -0.480 e. The van der Waals surface area contributed by atoms with Crippen LogP contribution in [0.15, 0.2) is 12.2 Å². The van der Waals surface area contributed by atoms with Gasteiger partial charge in [0, 0.05) is 42.3 Å². The normalized spacial score (nSPS) is 16.3. The number of hydrogen-bond donors (Lipinski definition) is 8. The number of carboxylic acid groups (broad SMARTS) is 1. The van der Waals surface area contributed by atoms with Crippen LogP contribution in [0, 0.1) is 41.4 Å². The molecule has 0 rings (SSSR count). The third-order valence-corrected chi connectivity index (χ3v) is 16.0. The predicted octanol–water partition coefficient (Wildman–Crippen LogP) is 2.62. The molecule has 26 heteroatoms. The highest BCUT2D eigenvalue weighted by molar-refractivity contribution is 7.13. The molecule has 0 heterocycles. The lowest BCUT2D eigenvalue weighted by molar-refractivity contribution is -0.160. The van der Waals surface area contributed by atoms with E-state index < -0.39 is 156 Å². The van der Waals surface area contributed by atoms with Crippen molar-refractivity contribution in [1.82, 2.24) is 55.8 Å². The van der Waals surface area contributed by atoms with E-state index in [0.717, 1.165) is 9.80 Å². The van der Waals surface area contributed by atoms with Gasteiger partial charge in [-0.05, 0) is 108 Å². The first-order valence-electron chi connectivity index (χ1n) is 31.0. The maximum atomic E-state index is 14.6. The summed E-state index contributed by atoms with van der Waals surface area (Å²) < 4.78 is 0. The van der Waals surface area contributed by atoms with Crippen LogP contribution in [0.2, 0.25) is 0 Å². The van der Waals surface area contributed by atoms with Gasteiger partial charge in [0.25, 0.3) is 0 Å². The number of likely N-dealkylation sites (N-methyl/N-ethyl adjacent to an activating group) is 6. The first kappa shape index (κ1) is 82.2. The number of aliphatic hydroxyl groups is 2. The van der Waals surface area contributed by atoms with Crippen molar-refractivity contribution in [2.24, 2.45) is 41.4 Å². The Morgan fingerprint density at radius 2 is 0.830 bits per heavy atom. The van der Waals surface area contributed by atoms with Crippen molar-refractivity contribution in [3.8, 4) is 0 Å². The van der Waals surface area contributed by atoms with E-state index in [0.29, 0.717) is 6.42 Å². The summed E-state index contributed by atoms with van der Waals surface area (Å²) in [5.74, 6) is -9.69. The van der Waals surface area contributed by atoms with Crippen LogP contribution < -0.4 is 26.4 Å². The number of rotatable bonds is 38. The largest absolute Gasteiger partial charge is 0.480 e. The molecule has 0 saturated carbocycles. The number of hydrogen-bond acceptors (Lipinski definition) is 14. The molecule has 0 fully saturated rings. The maximum absolute atomic E-state index is 14.6. The molecule has 0 aliphatic heterocycles. The fraction of sp³-hybridized carbons (Fsp3) is 0.790. The Kier molecular flexibility index (Phi) is 36.2. The second kappa shape index (κ2) is 38.7. The van der Waals surface area contributed by atoms with Crippen molar-refractivity contribution in [1.29, 1.82) is 0 Å². The van der Waals surface area contributed by atoms with Gasteiger partial charge in [-0.3, -0.25) is 53.0 Å². The Morgan fingerprint density at radius 1 is 0.455 bits per heavy atom. The Balaban J connectivity index is 6.69. The van der Waals surface area contributed by atoms with E-state index in [1.807, 2.05) is 69.2 Å². The summed E-state index contributed by atoms with van der Waals surface area (Å²) >= 11 is 0. The number of nitrogens with one attached hydrogen (secondary N) is 5. The number of allylic oxidation sites excluding steroid dienone is 2. The van der Waals surface area contributed by atoms with E-state index in [-0.39, 0.29) is 61.7 Å². The quantitative estimate of drug-likeness (QED) is 0.0326. The van der Waals surface area contributed by atoms with E-state index in [2.05, 4.69) is 35.7 Å². The van der Waals surface area contributed by atoms with Crippen molar-refractivity contribution < 1.29 is 68.1 Å². The number of nitrogens with zero attached hydrogens (tertiary/aromatic N) is 6. The molecule has 0 aromatic heterocycles. The summed E-state index contributed by atoms with van der Waals surface area (Å²) in [5.41, 5.74) is 0. The molecule has 0 bridgehead atoms. The zero-order valence-electron chi connectivity index (χ0n) is 57.2. The molecule has 25 nitrogen and oxygen atoms in total. The van der Waals surface area contributed by atoms with Gasteiger partial charge in [-0.1, -0.05) is 112 Å². The lowest BCUT2D eigenvalue weighted by atomic mass is 9.92. The van der Waals surface area contributed by atoms with Gasteiger partial charge in [-0.15, -0.1) is 0 Å². The molecular formula is C62H114N11O14P. The highest BCUT2D eigenvalue weighted by atomic mass is 31.0. The predicted molar refractivity (Wildman–Crippen MR) is 342 cm³/mol. The van der Waals surface area contributed by atoms with Crippen molar-refractivity contribution >= 4 is 74.4 Å². The standard InChI is InChI=1S/C62H114N11O14P/c1-24-25-26-39(14)52(76)51(62(86)87)73(23)61(85)50(38(12)13)72(22)59(83)44(28-34(4)5)66-56(80)47(31-37(10)11)70(20)57(81)41(16)64-53(77)40(15)63-54(78)46(30-36(8)9)71(21)58(82)43(27-33(2)3)65-55(79)45(29-35(6)7)69(19)48(75)32-68(18)60(84)49(67-88)42(17)74/h24-25,33-47,49-52,67,74,76H,26-32,88H2,1-23H3,(H,63,78)(H,64,77)(H,65,79)(H,66,80)(H,86,87)/b25-24+/t39?,40?,41?,42?,43?,44?,45-,46?,47?,49?,50?,51?,52?/m0/s1. The maximum Gasteiger partial charge on any atom is 0.329 e. The molecular weight excluding hydrogens is 1150 g/mol. The third-order valence-electron chi connectivity index (χ3n) is 15.6. The van der Waals surface area contributed by atoms with Crippen molar-refractivity contribution in [2.75, 3.05) is 48.8 Å². The molecule has 0 aliphatic carbocycles. The topological polar surface area (TPSA) is 328 Å². The van der Waals surface area contributed by atoms with Gasteiger partial charge < -0.3 is 66.0 Å². The van der Waals surface area contributed by atoms with Gasteiger partial charge in [0.1, 0.15) is 54.4 Å². The van der Waals surface area contributed by atoms with Crippen LogP contribution in [0.25, 0.3) is 0 Å². The van der Waals surface area contributed by atoms with Crippen LogP contribution in [0.5, 0.6) is 0 Å². The minimum absolute atomic E-state index is 0.0879. The molecule has 0 aromatic rings. The average Bonchev–Trinajstić information content (AvgIpc) is 2.93. The molecule has 88 heavy (non-hydrogen) atoms. The molecule has 0 spiro atoms. The Labute approximate surface area is 527 Å². The molecule has 14 atom stereocenters. The summed E-state index contributed by atoms with van der Waals surface area (Å²) in [4.78, 5) is 161. The monoisotopic (exact) mass is 1270 g/mol. The van der Waals surface area contributed by atoms with E-state index in [9.17, 15) is 68.1 Å². The van der Waals surface area contributed by atoms with Crippen LogP contribution in [0.1, 0.15) is 156 Å². The molecule has 10 amide bonds. The number of carbonyl (C=O) groups is 11. The van der Waals surface area contributed by atoms with Crippen LogP contribution in [0.4, 0.5) is 0 Å². The third kappa shape index (κ3) is 25.6. The summed E-state index contributed by atoms with van der Waals surface area (Å²) in [5, 5.41) is 45.1. The zero-order chi connectivity index (χ0) is 68.7. The van der Waals surface area contributed by atoms with Crippen LogP contribution >= 0.6 is 9.39 Å². The molecule has 0 saturated heterocycles. The van der Waals surface area contributed by atoms with Crippen LogP contribution in [-0.4, -0.2) is 231 Å². The van der Waals surface area contributed by atoms with Gasteiger partial charge in [-0.2, -0.15) is 0 Å². The summed E-state index contributed by atoms with van der Waals surface area (Å²) in [6.45, 7) is 29.2. The number of amides is 10. The highest BCUT2D eigenvalue weighted by Crippen LogP contribution is 2.24. The Morgan fingerprint density at radius 3 is 1.20 bits per heavy atom. The first-order valence-corrected chi connectivity index (χ1v) is 31.5. The molecule has 0 radical (unpaired) electrons. The van der Waals surface area contributed by atoms with Gasteiger partial charge in [0.15, 0.2) is 6.04 Å². The van der Waals surface area contributed by atoms with Gasteiger partial charge in [0.2, 0.25) is 59.1 Å². The Hall–Kier alpha value is -5.78. The lowest BCUT2D eigenvalue weighted by Crippen LogP contribution is -2.61. The number of carboxylic acids is 1. The van der Waals surface area contributed by atoms with Crippen molar-refractivity contribution in [3.05, 3.63) is 12.2 Å². The Bertz CT molecular complexity index is 2350. The number of carbonyl (C=O) groups excluding carboxylic acids is 10. The average molecular weight is 1270 g/mol. The molecule has 0 aromatic carbocycles. The number of aliphatic carboxylic acids is 1. The SMILES string of the molecule is C/C=C/CC(C)C(O)C(C(=O)O)N(C)C(=O)C(C(C)C)N(C)C(=O)C(CC(C)C)NC(=O)C(CC(C)C)N(C)C(=O)C(C)NC(=O)C(C)NC(=O)C(CC(C)C)N(C)C(=O)C(CC(C)C)NC(=O)[C@H](CC(C)C)N(C)C(=O)CN(C)C(=O)C(NP)C(C)O. The summed E-state index contributed by atoms with van der Waals surface area (Å²) in [6.07, 6.45) is 2.17. The van der Waals surface area contributed by atoms with Crippen LogP contribution in [0.3, 0.4) is 0 Å². The molecule has 13 unspecified atom stereocenters. The van der Waals surface area contributed by atoms with Crippen molar-refractivity contribution in [3.63, 3.8) is 0 Å². The van der Waals surface area contributed by atoms with Crippen LogP contribution in [-0.2, 0) is 52.7 Å². The van der Waals surface area contributed by atoms with Gasteiger partial charge in [-0.25, -0.2) is 4.79 Å². The zero-order valence-corrected chi connectivity index (χ0v) is 58.3. The van der Waals surface area contributed by atoms with Gasteiger partial charge >= 0.3 is 5.97 Å². The second-order valence-electron chi connectivity index (χ2n) is 26.4. The molecule has 8 N–H and O–H groups in total.